The van der Waals surface area contributed by atoms with Crippen molar-refractivity contribution in [3.8, 4) is 0 Å². The highest BCUT2D eigenvalue weighted by Gasteiger charge is 2.28. The molecule has 0 amide bonds. The SMILES string of the molecule is CCCNCC(CC1CCCC1)C(C)(C)C. The van der Waals surface area contributed by atoms with E-state index < -0.39 is 0 Å². The number of nitrogens with one attached hydrogen (secondary N) is 1. The van der Waals surface area contributed by atoms with Gasteiger partial charge >= 0.3 is 0 Å². The number of hydrogen-bond acceptors (Lipinski definition) is 1. The van der Waals surface area contributed by atoms with Crippen LogP contribution in [0, 0.1) is 17.3 Å². The summed E-state index contributed by atoms with van der Waals surface area (Å²) in [5, 5.41) is 3.62. The topological polar surface area (TPSA) is 12.0 Å². The summed E-state index contributed by atoms with van der Waals surface area (Å²) in [5.74, 6) is 1.87. The van der Waals surface area contributed by atoms with Gasteiger partial charge in [-0.25, -0.2) is 0 Å². The number of rotatable bonds is 6. The van der Waals surface area contributed by atoms with Crippen molar-refractivity contribution >= 4 is 0 Å². The Balaban J connectivity index is 2.37. The van der Waals surface area contributed by atoms with E-state index in [4.69, 9.17) is 0 Å². The molecule has 0 aromatic carbocycles. The highest BCUT2D eigenvalue weighted by molar-refractivity contribution is 4.80. The molecule has 1 unspecified atom stereocenters. The van der Waals surface area contributed by atoms with Gasteiger partial charge in [0.15, 0.2) is 0 Å². The van der Waals surface area contributed by atoms with E-state index in [1.807, 2.05) is 0 Å². The molecule has 0 aromatic rings. The van der Waals surface area contributed by atoms with Gasteiger partial charge in [0.25, 0.3) is 0 Å². The Bertz CT molecular complexity index is 174. The summed E-state index contributed by atoms with van der Waals surface area (Å²) in [6.45, 7) is 11.8. The van der Waals surface area contributed by atoms with E-state index in [2.05, 4.69) is 33.0 Å². The third-order valence-electron chi connectivity index (χ3n) is 4.13. The van der Waals surface area contributed by atoms with Crippen LogP contribution in [0.25, 0.3) is 0 Å². The summed E-state index contributed by atoms with van der Waals surface area (Å²) in [5.41, 5.74) is 0.462. The lowest BCUT2D eigenvalue weighted by Gasteiger charge is -2.33. The lowest BCUT2D eigenvalue weighted by Crippen LogP contribution is -2.33. The van der Waals surface area contributed by atoms with Crippen LogP contribution in [0.1, 0.15) is 66.2 Å². The normalized spacial score (nSPS) is 20.2. The molecule has 16 heavy (non-hydrogen) atoms. The third kappa shape index (κ3) is 4.86. The molecule has 0 aromatic heterocycles. The first kappa shape index (κ1) is 14.0. The fourth-order valence-corrected chi connectivity index (χ4v) is 2.84. The highest BCUT2D eigenvalue weighted by atomic mass is 14.9. The molecular weight excluding hydrogens is 194 g/mol. The third-order valence-corrected chi connectivity index (χ3v) is 4.13. The zero-order chi connectivity index (χ0) is 12.0. The van der Waals surface area contributed by atoms with Crippen LogP contribution in [0.5, 0.6) is 0 Å². The second kappa shape index (κ2) is 6.64. The standard InChI is InChI=1S/C15H31N/c1-5-10-16-12-14(15(2,3)4)11-13-8-6-7-9-13/h13-14,16H,5-12H2,1-4H3. The van der Waals surface area contributed by atoms with Crippen molar-refractivity contribution in [2.24, 2.45) is 17.3 Å². The molecule has 0 bridgehead atoms. The van der Waals surface area contributed by atoms with Gasteiger partial charge in [-0.15, -0.1) is 0 Å². The summed E-state index contributed by atoms with van der Waals surface area (Å²) in [6.07, 6.45) is 8.62. The van der Waals surface area contributed by atoms with Crippen molar-refractivity contribution in [1.82, 2.24) is 5.32 Å². The van der Waals surface area contributed by atoms with Crippen molar-refractivity contribution in [1.29, 1.82) is 0 Å². The van der Waals surface area contributed by atoms with Crippen LogP contribution in [-0.4, -0.2) is 13.1 Å². The maximum absolute atomic E-state index is 3.62. The van der Waals surface area contributed by atoms with Crippen molar-refractivity contribution in [3.05, 3.63) is 0 Å². The Morgan fingerprint density at radius 3 is 2.31 bits per heavy atom. The van der Waals surface area contributed by atoms with Crippen LogP contribution in [-0.2, 0) is 0 Å². The largest absolute Gasteiger partial charge is 0.316 e. The maximum atomic E-state index is 3.62. The average Bonchev–Trinajstić information content (AvgIpc) is 2.67. The van der Waals surface area contributed by atoms with Crippen molar-refractivity contribution in [3.63, 3.8) is 0 Å². The van der Waals surface area contributed by atoms with E-state index in [0.717, 1.165) is 11.8 Å². The Morgan fingerprint density at radius 2 is 1.81 bits per heavy atom. The van der Waals surface area contributed by atoms with Crippen LogP contribution in [0.4, 0.5) is 0 Å². The van der Waals surface area contributed by atoms with Gasteiger partial charge < -0.3 is 5.32 Å². The van der Waals surface area contributed by atoms with Crippen LogP contribution >= 0.6 is 0 Å². The van der Waals surface area contributed by atoms with Crippen molar-refractivity contribution in [2.75, 3.05) is 13.1 Å². The molecule has 1 fully saturated rings. The molecule has 0 heterocycles. The summed E-state index contributed by atoms with van der Waals surface area (Å²) >= 11 is 0. The molecule has 1 rings (SSSR count). The molecule has 1 N–H and O–H groups in total. The lowest BCUT2D eigenvalue weighted by molar-refractivity contribution is 0.190. The molecule has 1 saturated carbocycles. The zero-order valence-corrected chi connectivity index (χ0v) is 11.8. The first-order chi connectivity index (χ1) is 7.54. The predicted molar refractivity (Wildman–Crippen MR) is 72.7 cm³/mol. The van der Waals surface area contributed by atoms with Crippen molar-refractivity contribution in [2.45, 2.75) is 66.2 Å². The van der Waals surface area contributed by atoms with Crippen LogP contribution in [0.2, 0.25) is 0 Å². The van der Waals surface area contributed by atoms with Crippen molar-refractivity contribution < 1.29 is 0 Å². The molecule has 0 aliphatic heterocycles. The smallest absolute Gasteiger partial charge is 0.00154 e. The van der Waals surface area contributed by atoms with Crippen LogP contribution in [0.3, 0.4) is 0 Å². The van der Waals surface area contributed by atoms with Gasteiger partial charge in [-0.05, 0) is 43.2 Å². The van der Waals surface area contributed by atoms with Gasteiger partial charge in [-0.2, -0.15) is 0 Å². The van der Waals surface area contributed by atoms with E-state index in [1.54, 1.807) is 0 Å². The monoisotopic (exact) mass is 225 g/mol. The van der Waals surface area contributed by atoms with E-state index in [-0.39, 0.29) is 0 Å². The molecule has 1 aliphatic carbocycles. The van der Waals surface area contributed by atoms with E-state index in [1.165, 1.54) is 51.6 Å². The predicted octanol–water partition coefficient (Wildman–Crippen LogP) is 4.23. The maximum Gasteiger partial charge on any atom is -0.00154 e. The Kier molecular flexibility index (Phi) is 5.82. The molecule has 1 atom stereocenters. The molecule has 1 heteroatoms. The molecular formula is C15H31N. The fraction of sp³-hybridized carbons (Fsp3) is 1.00. The van der Waals surface area contributed by atoms with Gasteiger partial charge in [-0.1, -0.05) is 53.4 Å². The lowest BCUT2D eigenvalue weighted by atomic mass is 9.75. The first-order valence-electron chi connectivity index (χ1n) is 7.24. The minimum absolute atomic E-state index is 0.462. The van der Waals surface area contributed by atoms with Gasteiger partial charge in [0.05, 0.1) is 0 Å². The van der Waals surface area contributed by atoms with Crippen LogP contribution in [0.15, 0.2) is 0 Å². The minimum atomic E-state index is 0.462. The van der Waals surface area contributed by atoms with E-state index >= 15 is 0 Å². The molecule has 0 radical (unpaired) electrons. The number of hydrogen-bond donors (Lipinski definition) is 1. The molecule has 1 nitrogen and oxygen atoms in total. The summed E-state index contributed by atoms with van der Waals surface area (Å²) in [4.78, 5) is 0. The first-order valence-corrected chi connectivity index (χ1v) is 7.24. The average molecular weight is 225 g/mol. The molecule has 0 spiro atoms. The van der Waals surface area contributed by atoms with E-state index in [0.29, 0.717) is 5.41 Å². The quantitative estimate of drug-likeness (QED) is 0.667. The Labute approximate surface area is 102 Å². The second-order valence-electron chi connectivity index (χ2n) is 6.65. The summed E-state index contributed by atoms with van der Waals surface area (Å²) in [7, 11) is 0. The Hall–Kier alpha value is -0.0400. The van der Waals surface area contributed by atoms with Gasteiger partial charge in [-0.3, -0.25) is 0 Å². The molecule has 1 aliphatic rings. The Morgan fingerprint density at radius 1 is 1.19 bits per heavy atom. The summed E-state index contributed by atoms with van der Waals surface area (Å²) < 4.78 is 0. The molecule has 0 saturated heterocycles. The van der Waals surface area contributed by atoms with Crippen LogP contribution < -0.4 is 5.32 Å². The fourth-order valence-electron chi connectivity index (χ4n) is 2.84. The minimum Gasteiger partial charge on any atom is -0.316 e. The van der Waals surface area contributed by atoms with Gasteiger partial charge in [0.1, 0.15) is 0 Å². The van der Waals surface area contributed by atoms with E-state index in [9.17, 15) is 0 Å². The molecule has 96 valence electrons. The van der Waals surface area contributed by atoms with Gasteiger partial charge in [0.2, 0.25) is 0 Å². The van der Waals surface area contributed by atoms with Gasteiger partial charge in [0, 0.05) is 0 Å². The second-order valence-corrected chi connectivity index (χ2v) is 6.65. The zero-order valence-electron chi connectivity index (χ0n) is 11.8. The highest BCUT2D eigenvalue weighted by Crippen LogP contribution is 2.36. The summed E-state index contributed by atoms with van der Waals surface area (Å²) in [6, 6.07) is 0.